The molecule has 156 valence electrons. The minimum absolute atomic E-state index is 0.285. The van der Waals surface area contributed by atoms with Crippen molar-refractivity contribution in [2.24, 2.45) is 0 Å². The fourth-order valence-electron chi connectivity index (χ4n) is 3.00. The van der Waals surface area contributed by atoms with Crippen molar-refractivity contribution in [3.63, 3.8) is 0 Å². The summed E-state index contributed by atoms with van der Waals surface area (Å²) in [5, 5.41) is 17.2. The van der Waals surface area contributed by atoms with Gasteiger partial charge in [-0.25, -0.2) is 9.59 Å². The van der Waals surface area contributed by atoms with E-state index < -0.39 is 11.7 Å². The maximum absolute atomic E-state index is 12.4. The molecule has 2 aromatic rings. The molecule has 1 atom stereocenters. The molecule has 0 radical (unpaired) electrons. The molecule has 8 nitrogen and oxygen atoms in total. The predicted molar refractivity (Wildman–Crippen MR) is 112 cm³/mol. The normalized spacial score (nSPS) is 15.1. The topological polar surface area (TPSA) is 112 Å². The van der Waals surface area contributed by atoms with E-state index >= 15 is 0 Å². The van der Waals surface area contributed by atoms with Gasteiger partial charge in [-0.05, 0) is 63.2 Å². The average Bonchev–Trinajstić information content (AvgIpc) is 2.67. The molecule has 0 saturated carbocycles. The van der Waals surface area contributed by atoms with Crippen LogP contribution >= 0.6 is 0 Å². The molecule has 3 N–H and O–H groups in total. The van der Waals surface area contributed by atoms with Crippen molar-refractivity contribution in [1.82, 2.24) is 5.32 Å². The largest absolute Gasteiger partial charge is 0.493 e. The van der Waals surface area contributed by atoms with Crippen molar-refractivity contribution in [3.05, 3.63) is 53.6 Å². The summed E-state index contributed by atoms with van der Waals surface area (Å²) in [6, 6.07) is 13.2. The Morgan fingerprint density at radius 3 is 2.47 bits per heavy atom. The second kappa shape index (κ2) is 8.74. The number of nitriles is 1. The summed E-state index contributed by atoms with van der Waals surface area (Å²) in [6.07, 6.45) is 0.0335. The Hall–Kier alpha value is -3.73. The van der Waals surface area contributed by atoms with Gasteiger partial charge >= 0.3 is 12.1 Å². The average molecular weight is 408 g/mol. The quantitative estimate of drug-likeness (QED) is 0.690. The number of urea groups is 1. The lowest BCUT2D eigenvalue weighted by Crippen LogP contribution is -2.35. The molecule has 2 aromatic carbocycles. The van der Waals surface area contributed by atoms with E-state index in [4.69, 9.17) is 14.7 Å². The lowest BCUT2D eigenvalue weighted by molar-refractivity contribution is 0.0636. The number of hydrogen-bond donors (Lipinski definition) is 3. The predicted octanol–water partition coefficient (Wildman–Crippen LogP) is 4.55. The molecular weight excluding hydrogens is 384 g/mol. The number of hydrogen-bond acceptors (Lipinski definition) is 5. The first kappa shape index (κ1) is 21.0. The molecule has 0 bridgehead atoms. The van der Waals surface area contributed by atoms with Crippen LogP contribution in [0.15, 0.2) is 42.5 Å². The Morgan fingerprint density at radius 1 is 1.10 bits per heavy atom. The monoisotopic (exact) mass is 408 g/mol. The minimum atomic E-state index is -0.602. The first-order valence-corrected chi connectivity index (χ1v) is 9.58. The number of nitrogens with zero attached hydrogens (tertiary/aromatic N) is 1. The number of fused-ring (bicyclic) bond motifs is 1. The Kier molecular flexibility index (Phi) is 6.11. The van der Waals surface area contributed by atoms with E-state index in [2.05, 4.69) is 16.0 Å². The van der Waals surface area contributed by atoms with Crippen LogP contribution in [0.25, 0.3) is 0 Å². The van der Waals surface area contributed by atoms with E-state index in [-0.39, 0.29) is 12.1 Å². The summed E-state index contributed by atoms with van der Waals surface area (Å²) in [5.74, 6) is 0.652. The molecular formula is C22H24N4O4. The molecule has 0 spiro atoms. The zero-order chi connectivity index (χ0) is 21.7. The van der Waals surface area contributed by atoms with Crippen molar-refractivity contribution < 1.29 is 19.1 Å². The van der Waals surface area contributed by atoms with Gasteiger partial charge in [-0.2, -0.15) is 5.26 Å². The van der Waals surface area contributed by atoms with Crippen molar-refractivity contribution >= 4 is 23.5 Å². The zero-order valence-electron chi connectivity index (χ0n) is 17.1. The summed E-state index contributed by atoms with van der Waals surface area (Å²) < 4.78 is 11.0. The van der Waals surface area contributed by atoms with Gasteiger partial charge in [-0.3, -0.25) is 5.32 Å². The second-order valence-corrected chi connectivity index (χ2v) is 7.86. The fourth-order valence-corrected chi connectivity index (χ4v) is 3.00. The summed E-state index contributed by atoms with van der Waals surface area (Å²) in [6.45, 7) is 5.84. The van der Waals surface area contributed by atoms with E-state index in [1.165, 1.54) is 0 Å². The zero-order valence-corrected chi connectivity index (χ0v) is 17.1. The molecule has 0 aliphatic carbocycles. The molecule has 0 fully saturated rings. The van der Waals surface area contributed by atoms with Gasteiger partial charge in [0.15, 0.2) is 0 Å². The van der Waals surface area contributed by atoms with Crippen LogP contribution in [-0.4, -0.2) is 24.3 Å². The van der Waals surface area contributed by atoms with Gasteiger partial charge < -0.3 is 20.1 Å². The number of carbonyl (C=O) groups excluding carboxylic acids is 2. The third kappa shape index (κ3) is 5.64. The van der Waals surface area contributed by atoms with Crippen LogP contribution in [0.4, 0.5) is 21.0 Å². The summed E-state index contributed by atoms with van der Waals surface area (Å²) in [4.78, 5) is 24.5. The molecule has 0 saturated heterocycles. The van der Waals surface area contributed by atoms with Gasteiger partial charge in [0.1, 0.15) is 11.4 Å². The Morgan fingerprint density at radius 2 is 1.80 bits per heavy atom. The first-order valence-electron chi connectivity index (χ1n) is 9.58. The Bertz CT molecular complexity index is 974. The number of nitrogens with one attached hydrogen (secondary N) is 3. The van der Waals surface area contributed by atoms with Crippen LogP contribution in [0, 0.1) is 11.3 Å². The third-order valence-electron chi connectivity index (χ3n) is 4.27. The highest BCUT2D eigenvalue weighted by atomic mass is 16.6. The van der Waals surface area contributed by atoms with Gasteiger partial charge in [-0.15, -0.1) is 0 Å². The lowest BCUT2D eigenvalue weighted by Gasteiger charge is -2.27. The van der Waals surface area contributed by atoms with Gasteiger partial charge in [0.05, 0.1) is 24.3 Å². The summed E-state index contributed by atoms with van der Waals surface area (Å²) in [5.41, 5.74) is 1.82. The molecule has 1 aliphatic heterocycles. The van der Waals surface area contributed by atoms with Gasteiger partial charge in [0, 0.05) is 23.4 Å². The highest BCUT2D eigenvalue weighted by Crippen LogP contribution is 2.34. The van der Waals surface area contributed by atoms with E-state index in [1.54, 1.807) is 63.2 Å². The van der Waals surface area contributed by atoms with E-state index in [9.17, 15) is 9.59 Å². The maximum atomic E-state index is 12.4. The van der Waals surface area contributed by atoms with E-state index in [0.717, 1.165) is 5.56 Å². The van der Waals surface area contributed by atoms with Crippen LogP contribution in [0.1, 0.15) is 44.4 Å². The van der Waals surface area contributed by atoms with Crippen molar-refractivity contribution in [3.8, 4) is 11.8 Å². The molecule has 1 heterocycles. The van der Waals surface area contributed by atoms with Crippen LogP contribution < -0.4 is 20.7 Å². The third-order valence-corrected chi connectivity index (χ3v) is 4.27. The molecule has 0 aromatic heterocycles. The second-order valence-electron chi connectivity index (χ2n) is 7.86. The molecule has 0 unspecified atom stereocenters. The fraction of sp³-hybridized carbons (Fsp3) is 0.318. The molecule has 1 aliphatic rings. The maximum Gasteiger partial charge on any atom is 0.412 e. The Labute approximate surface area is 175 Å². The van der Waals surface area contributed by atoms with Crippen molar-refractivity contribution in [2.75, 3.05) is 17.2 Å². The van der Waals surface area contributed by atoms with Crippen LogP contribution in [0.3, 0.4) is 0 Å². The van der Waals surface area contributed by atoms with Crippen molar-refractivity contribution in [1.29, 1.82) is 5.26 Å². The molecule has 3 amide bonds. The molecule has 8 heteroatoms. The lowest BCUT2D eigenvalue weighted by atomic mass is 10.00. The standard InChI is InChI=1S/C22H24N4O4/c1-22(2,3)30-21(28)25-16-8-9-19-17(12-16)18(10-11-29-19)26-20(27)24-15-6-4-14(13-23)5-7-15/h4-9,12,18H,10-11H2,1-3H3,(H,25,28)(H2,24,26,27)/t18-/m1/s1. The van der Waals surface area contributed by atoms with Gasteiger partial charge in [0.2, 0.25) is 0 Å². The van der Waals surface area contributed by atoms with Crippen LogP contribution in [0.2, 0.25) is 0 Å². The van der Waals surface area contributed by atoms with Gasteiger partial charge in [-0.1, -0.05) is 0 Å². The number of anilines is 2. The summed E-state index contributed by atoms with van der Waals surface area (Å²) in [7, 11) is 0. The van der Waals surface area contributed by atoms with Gasteiger partial charge in [0.25, 0.3) is 0 Å². The highest BCUT2D eigenvalue weighted by molar-refractivity contribution is 5.90. The molecule has 30 heavy (non-hydrogen) atoms. The number of ether oxygens (including phenoxy) is 2. The number of rotatable bonds is 3. The smallest absolute Gasteiger partial charge is 0.412 e. The van der Waals surface area contributed by atoms with Crippen LogP contribution in [-0.2, 0) is 4.74 Å². The number of carbonyl (C=O) groups is 2. The SMILES string of the molecule is CC(C)(C)OC(=O)Nc1ccc2c(c1)[C@H](NC(=O)Nc1ccc(C#N)cc1)CCO2. The first-order chi connectivity index (χ1) is 14.2. The Balaban J connectivity index is 1.68. The van der Waals surface area contributed by atoms with Crippen molar-refractivity contribution in [2.45, 2.75) is 38.8 Å². The summed E-state index contributed by atoms with van der Waals surface area (Å²) >= 11 is 0. The van der Waals surface area contributed by atoms with E-state index in [0.29, 0.717) is 35.7 Å². The van der Waals surface area contributed by atoms with E-state index in [1.807, 2.05) is 6.07 Å². The minimum Gasteiger partial charge on any atom is -0.493 e. The highest BCUT2D eigenvalue weighted by Gasteiger charge is 2.24. The molecule has 3 rings (SSSR count). The van der Waals surface area contributed by atoms with Crippen LogP contribution in [0.5, 0.6) is 5.75 Å². The number of benzene rings is 2. The number of amides is 3.